The smallest absolute Gasteiger partial charge is 0.237 e. The van der Waals surface area contributed by atoms with E-state index < -0.39 is 0 Å². The lowest BCUT2D eigenvalue weighted by Crippen LogP contribution is -2.44. The first kappa shape index (κ1) is 17.2. The van der Waals surface area contributed by atoms with Crippen molar-refractivity contribution in [1.29, 1.82) is 0 Å². The van der Waals surface area contributed by atoms with E-state index in [2.05, 4.69) is 28.4 Å². The van der Waals surface area contributed by atoms with Crippen LogP contribution >= 0.6 is 11.3 Å². The Labute approximate surface area is 157 Å². The number of carbonyl (C=O) groups excluding carboxylic acids is 1. The summed E-state index contributed by atoms with van der Waals surface area (Å²) in [5.74, 6) is 0.0851. The monoisotopic (exact) mass is 365 g/mol. The molecule has 4 nitrogen and oxygen atoms in total. The molecule has 4 rings (SSSR count). The number of carbonyl (C=O) groups is 1. The number of aromatic nitrogens is 1. The summed E-state index contributed by atoms with van der Waals surface area (Å²) in [7, 11) is 0. The first-order valence-electron chi connectivity index (χ1n) is 9.15. The fourth-order valence-electron chi connectivity index (χ4n) is 3.63. The molecule has 26 heavy (non-hydrogen) atoms. The van der Waals surface area contributed by atoms with Gasteiger partial charge in [-0.05, 0) is 44.0 Å². The second-order valence-corrected chi connectivity index (χ2v) is 7.86. The number of benzene rings is 2. The summed E-state index contributed by atoms with van der Waals surface area (Å²) >= 11 is 1.75. The summed E-state index contributed by atoms with van der Waals surface area (Å²) in [5.41, 5.74) is 2.18. The Morgan fingerprint density at radius 3 is 2.81 bits per heavy atom. The lowest BCUT2D eigenvalue weighted by Gasteiger charge is -2.28. The summed E-state index contributed by atoms with van der Waals surface area (Å²) in [6, 6.07) is 18.4. The molecule has 0 aliphatic carbocycles. The lowest BCUT2D eigenvalue weighted by atomic mass is 10.2. The molecule has 0 spiro atoms. The van der Waals surface area contributed by atoms with Crippen LogP contribution in [-0.2, 0) is 11.3 Å². The molecule has 1 fully saturated rings. The van der Waals surface area contributed by atoms with Crippen LogP contribution in [0.5, 0.6) is 0 Å². The maximum Gasteiger partial charge on any atom is 0.237 e. The minimum Gasteiger partial charge on any atom is -0.351 e. The van der Waals surface area contributed by atoms with Crippen LogP contribution in [0, 0.1) is 0 Å². The quantitative estimate of drug-likeness (QED) is 0.739. The normalized spacial score (nSPS) is 18.9. The zero-order valence-electron chi connectivity index (χ0n) is 14.9. The molecule has 1 aromatic heterocycles. The molecular weight excluding hydrogens is 342 g/mol. The van der Waals surface area contributed by atoms with E-state index in [1.807, 2.05) is 43.3 Å². The zero-order chi connectivity index (χ0) is 17.9. The Hall–Kier alpha value is -2.24. The largest absolute Gasteiger partial charge is 0.351 e. The van der Waals surface area contributed by atoms with E-state index in [4.69, 9.17) is 4.98 Å². The number of fused-ring (bicyclic) bond motifs is 1. The van der Waals surface area contributed by atoms with Crippen molar-refractivity contribution in [1.82, 2.24) is 15.2 Å². The maximum absolute atomic E-state index is 12.7. The molecule has 0 radical (unpaired) electrons. The number of para-hydroxylation sites is 1. The van der Waals surface area contributed by atoms with Gasteiger partial charge in [-0.2, -0.15) is 0 Å². The summed E-state index contributed by atoms with van der Waals surface area (Å²) in [6.07, 6.45) is 2.17. The minimum atomic E-state index is -0.154. The molecule has 2 heterocycles. The molecule has 0 saturated carbocycles. The zero-order valence-corrected chi connectivity index (χ0v) is 15.7. The number of hydrogen-bond donors (Lipinski definition) is 1. The summed E-state index contributed by atoms with van der Waals surface area (Å²) in [6.45, 7) is 3.52. The van der Waals surface area contributed by atoms with E-state index in [1.165, 1.54) is 4.70 Å². The second-order valence-electron chi connectivity index (χ2n) is 6.80. The van der Waals surface area contributed by atoms with Gasteiger partial charge in [0.1, 0.15) is 5.01 Å². The Kier molecular flexibility index (Phi) is 5.00. The average molecular weight is 366 g/mol. The van der Waals surface area contributed by atoms with E-state index in [0.717, 1.165) is 35.5 Å². The van der Waals surface area contributed by atoms with Crippen LogP contribution in [0.4, 0.5) is 0 Å². The molecule has 2 aromatic carbocycles. The maximum atomic E-state index is 12.7. The van der Waals surface area contributed by atoms with Gasteiger partial charge in [0, 0.05) is 6.54 Å². The topological polar surface area (TPSA) is 45.2 Å². The predicted molar refractivity (Wildman–Crippen MR) is 106 cm³/mol. The third-order valence-corrected chi connectivity index (χ3v) is 6.21. The van der Waals surface area contributed by atoms with Gasteiger partial charge in [0.25, 0.3) is 0 Å². The summed E-state index contributed by atoms with van der Waals surface area (Å²) in [4.78, 5) is 19.8. The molecule has 1 N–H and O–H groups in total. The van der Waals surface area contributed by atoms with E-state index in [-0.39, 0.29) is 18.0 Å². The standard InChI is InChI=1S/C21H23N3OS/c1-15(20(25)22-14-16-8-3-2-4-9-16)24-13-7-11-18(24)21-23-17-10-5-6-12-19(17)26-21/h2-6,8-10,12,15,18H,7,11,13-14H2,1H3,(H,22,25). The molecule has 1 amide bonds. The molecule has 3 aromatic rings. The van der Waals surface area contributed by atoms with Crippen LogP contribution in [0.25, 0.3) is 10.2 Å². The number of nitrogens with zero attached hydrogens (tertiary/aromatic N) is 2. The Balaban J connectivity index is 1.45. The van der Waals surface area contributed by atoms with Crippen molar-refractivity contribution in [2.75, 3.05) is 6.54 Å². The van der Waals surface area contributed by atoms with Crippen LogP contribution in [0.1, 0.15) is 36.4 Å². The third kappa shape index (κ3) is 3.50. The molecule has 134 valence electrons. The van der Waals surface area contributed by atoms with Crippen molar-refractivity contribution in [2.24, 2.45) is 0 Å². The van der Waals surface area contributed by atoms with Gasteiger partial charge in [-0.15, -0.1) is 11.3 Å². The molecule has 2 unspecified atom stereocenters. The van der Waals surface area contributed by atoms with Crippen molar-refractivity contribution in [2.45, 2.75) is 38.4 Å². The second kappa shape index (κ2) is 7.56. The molecule has 0 bridgehead atoms. The predicted octanol–water partition coefficient (Wildman–Crippen LogP) is 4.14. The van der Waals surface area contributed by atoms with Crippen LogP contribution < -0.4 is 5.32 Å². The number of thiazole rings is 1. The van der Waals surface area contributed by atoms with Crippen LogP contribution in [0.3, 0.4) is 0 Å². The number of hydrogen-bond acceptors (Lipinski definition) is 4. The van der Waals surface area contributed by atoms with Crippen LogP contribution in [0.15, 0.2) is 54.6 Å². The van der Waals surface area contributed by atoms with Crippen LogP contribution in [0.2, 0.25) is 0 Å². The molecule has 1 saturated heterocycles. The van der Waals surface area contributed by atoms with Gasteiger partial charge >= 0.3 is 0 Å². The van der Waals surface area contributed by atoms with E-state index in [0.29, 0.717) is 6.54 Å². The minimum absolute atomic E-state index is 0.0851. The number of nitrogens with one attached hydrogen (secondary N) is 1. The van der Waals surface area contributed by atoms with E-state index >= 15 is 0 Å². The molecule has 1 aliphatic heterocycles. The molecule has 1 aliphatic rings. The summed E-state index contributed by atoms with van der Waals surface area (Å²) < 4.78 is 1.22. The van der Waals surface area contributed by atoms with Gasteiger partial charge in [0.15, 0.2) is 0 Å². The lowest BCUT2D eigenvalue weighted by molar-refractivity contribution is -0.126. The van der Waals surface area contributed by atoms with Gasteiger partial charge < -0.3 is 5.32 Å². The van der Waals surface area contributed by atoms with Gasteiger partial charge in [-0.3, -0.25) is 9.69 Å². The average Bonchev–Trinajstić information content (AvgIpc) is 3.32. The highest BCUT2D eigenvalue weighted by Gasteiger charge is 2.34. The van der Waals surface area contributed by atoms with E-state index in [9.17, 15) is 4.79 Å². The Morgan fingerprint density at radius 2 is 2.00 bits per heavy atom. The highest BCUT2D eigenvalue weighted by Crippen LogP contribution is 2.37. The van der Waals surface area contributed by atoms with Crippen molar-refractivity contribution in [3.63, 3.8) is 0 Å². The SMILES string of the molecule is CC(C(=O)NCc1ccccc1)N1CCCC1c1nc2ccccc2s1. The van der Waals surface area contributed by atoms with Gasteiger partial charge in [0.2, 0.25) is 5.91 Å². The van der Waals surface area contributed by atoms with Crippen LogP contribution in [-0.4, -0.2) is 28.4 Å². The van der Waals surface area contributed by atoms with Crippen molar-refractivity contribution >= 4 is 27.5 Å². The fourth-order valence-corrected chi connectivity index (χ4v) is 4.76. The highest BCUT2D eigenvalue weighted by atomic mass is 32.1. The molecule has 5 heteroatoms. The number of rotatable bonds is 5. The Bertz CT molecular complexity index is 859. The summed E-state index contributed by atoms with van der Waals surface area (Å²) in [5, 5.41) is 4.21. The molecular formula is C21H23N3OS. The van der Waals surface area contributed by atoms with Gasteiger partial charge in [-0.1, -0.05) is 42.5 Å². The third-order valence-electron chi connectivity index (χ3n) is 5.08. The fraction of sp³-hybridized carbons (Fsp3) is 0.333. The highest BCUT2D eigenvalue weighted by molar-refractivity contribution is 7.18. The Morgan fingerprint density at radius 1 is 1.23 bits per heavy atom. The van der Waals surface area contributed by atoms with Crippen molar-refractivity contribution in [3.8, 4) is 0 Å². The number of likely N-dealkylation sites (tertiary alicyclic amines) is 1. The van der Waals surface area contributed by atoms with Gasteiger partial charge in [-0.25, -0.2) is 4.98 Å². The van der Waals surface area contributed by atoms with Crippen molar-refractivity contribution < 1.29 is 4.79 Å². The first-order valence-corrected chi connectivity index (χ1v) is 9.97. The van der Waals surface area contributed by atoms with Crippen molar-refractivity contribution in [3.05, 3.63) is 65.2 Å². The van der Waals surface area contributed by atoms with Gasteiger partial charge in [0.05, 0.1) is 22.3 Å². The number of amides is 1. The molecule has 2 atom stereocenters. The van der Waals surface area contributed by atoms with E-state index in [1.54, 1.807) is 11.3 Å². The first-order chi connectivity index (χ1) is 12.7.